The van der Waals surface area contributed by atoms with Gasteiger partial charge in [-0.25, -0.2) is 4.98 Å². The second-order valence-corrected chi connectivity index (χ2v) is 5.95. The third-order valence-corrected chi connectivity index (χ3v) is 3.52. The maximum absolute atomic E-state index is 6.21. The summed E-state index contributed by atoms with van der Waals surface area (Å²) in [5.74, 6) is 1.53. The second-order valence-electron chi connectivity index (χ2n) is 5.54. The Balaban J connectivity index is 2.74. The Hall–Kier alpha value is -0.840. The predicted molar refractivity (Wildman–Crippen MR) is 85.5 cm³/mol. The maximum atomic E-state index is 6.21. The first-order valence-electron chi connectivity index (χ1n) is 7.03. The van der Waals surface area contributed by atoms with E-state index < -0.39 is 0 Å². The maximum Gasteiger partial charge on any atom is 0.129 e. The molecule has 1 aromatic rings. The van der Waals surface area contributed by atoms with Gasteiger partial charge in [-0.15, -0.1) is 0 Å². The molecule has 0 amide bonds. The fourth-order valence-corrected chi connectivity index (χ4v) is 2.02. The zero-order valence-electron chi connectivity index (χ0n) is 13.1. The van der Waals surface area contributed by atoms with Crippen LogP contribution in [0.2, 0.25) is 5.02 Å². The number of rotatable bonds is 8. The van der Waals surface area contributed by atoms with Crippen molar-refractivity contribution in [2.75, 3.05) is 32.2 Å². The van der Waals surface area contributed by atoms with Gasteiger partial charge in [0.1, 0.15) is 5.82 Å². The lowest BCUT2D eigenvalue weighted by Gasteiger charge is -2.26. The van der Waals surface area contributed by atoms with Crippen LogP contribution in [0.1, 0.15) is 26.5 Å². The van der Waals surface area contributed by atoms with Crippen LogP contribution in [-0.4, -0.2) is 38.3 Å². The lowest BCUT2D eigenvalue weighted by atomic mass is 10.2. The number of hydrogen-bond donors (Lipinski definition) is 1. The van der Waals surface area contributed by atoms with Crippen molar-refractivity contribution in [3.63, 3.8) is 0 Å². The molecule has 0 aliphatic rings. The van der Waals surface area contributed by atoms with Crippen LogP contribution in [0, 0.1) is 5.92 Å². The molecule has 0 spiro atoms. The van der Waals surface area contributed by atoms with Crippen LogP contribution in [0.25, 0.3) is 0 Å². The minimum Gasteiger partial charge on any atom is -0.383 e. The van der Waals surface area contributed by atoms with Crippen LogP contribution in [0.4, 0.5) is 5.82 Å². The molecule has 1 heterocycles. The molecule has 0 aliphatic heterocycles. The summed E-state index contributed by atoms with van der Waals surface area (Å²) >= 11 is 6.21. The summed E-state index contributed by atoms with van der Waals surface area (Å²) in [7, 11) is 3.73. The molecule has 114 valence electrons. The molecule has 0 saturated heterocycles. The summed E-state index contributed by atoms with van der Waals surface area (Å²) in [6.07, 6.45) is 0. The van der Waals surface area contributed by atoms with Gasteiger partial charge in [0.25, 0.3) is 0 Å². The Kier molecular flexibility index (Phi) is 7.27. The van der Waals surface area contributed by atoms with E-state index in [2.05, 4.69) is 36.0 Å². The van der Waals surface area contributed by atoms with Crippen molar-refractivity contribution in [3.8, 4) is 0 Å². The lowest BCUT2D eigenvalue weighted by Crippen LogP contribution is -2.33. The van der Waals surface area contributed by atoms with Gasteiger partial charge >= 0.3 is 0 Å². The number of methoxy groups -OCH3 is 1. The number of aromatic nitrogens is 1. The number of anilines is 1. The summed E-state index contributed by atoms with van der Waals surface area (Å²) in [6.45, 7) is 8.78. The highest BCUT2D eigenvalue weighted by Crippen LogP contribution is 2.20. The van der Waals surface area contributed by atoms with Gasteiger partial charge in [-0.2, -0.15) is 0 Å². The number of nitrogens with one attached hydrogen (secondary N) is 1. The third-order valence-electron chi connectivity index (χ3n) is 3.18. The van der Waals surface area contributed by atoms with Crippen LogP contribution < -0.4 is 10.2 Å². The topological polar surface area (TPSA) is 37.4 Å². The van der Waals surface area contributed by atoms with Crippen molar-refractivity contribution in [2.45, 2.75) is 33.4 Å². The van der Waals surface area contributed by atoms with Crippen LogP contribution >= 0.6 is 11.6 Å². The monoisotopic (exact) mass is 299 g/mol. The minimum atomic E-state index is 0.269. The fourth-order valence-electron chi connectivity index (χ4n) is 1.85. The van der Waals surface area contributed by atoms with Crippen molar-refractivity contribution in [1.82, 2.24) is 10.3 Å². The summed E-state index contributed by atoms with van der Waals surface area (Å²) in [5, 5.41) is 4.08. The molecule has 0 radical (unpaired) electrons. The van der Waals surface area contributed by atoms with E-state index in [-0.39, 0.29) is 6.04 Å². The number of halogens is 1. The molecule has 1 rings (SSSR count). The normalized spacial score (nSPS) is 12.8. The first kappa shape index (κ1) is 17.2. The number of pyridine rings is 1. The molecule has 0 saturated carbocycles. The van der Waals surface area contributed by atoms with Crippen molar-refractivity contribution in [1.29, 1.82) is 0 Å². The van der Waals surface area contributed by atoms with Crippen LogP contribution in [0.5, 0.6) is 0 Å². The third kappa shape index (κ3) is 5.27. The Morgan fingerprint density at radius 3 is 2.65 bits per heavy atom. The Morgan fingerprint density at radius 2 is 2.05 bits per heavy atom. The van der Waals surface area contributed by atoms with E-state index >= 15 is 0 Å². The zero-order valence-corrected chi connectivity index (χ0v) is 13.9. The van der Waals surface area contributed by atoms with Crippen molar-refractivity contribution in [2.24, 2.45) is 5.92 Å². The molecule has 4 nitrogen and oxygen atoms in total. The highest BCUT2D eigenvalue weighted by Gasteiger charge is 2.13. The Morgan fingerprint density at radius 1 is 1.35 bits per heavy atom. The number of likely N-dealkylation sites (N-methyl/N-ethyl adjacent to an activating group) is 1. The van der Waals surface area contributed by atoms with Gasteiger partial charge in [0, 0.05) is 20.7 Å². The van der Waals surface area contributed by atoms with Gasteiger partial charge in [0.15, 0.2) is 0 Å². The van der Waals surface area contributed by atoms with Crippen molar-refractivity contribution >= 4 is 17.4 Å². The van der Waals surface area contributed by atoms with Gasteiger partial charge in [-0.1, -0.05) is 25.4 Å². The highest BCUT2D eigenvalue weighted by molar-refractivity contribution is 6.31. The Bertz CT molecular complexity index is 412. The molecule has 1 N–H and O–H groups in total. The van der Waals surface area contributed by atoms with E-state index in [1.54, 1.807) is 7.11 Å². The second kappa shape index (κ2) is 8.45. The molecule has 0 aromatic carbocycles. The predicted octanol–water partition coefficient (Wildman–Crippen LogP) is 2.95. The average Bonchev–Trinajstić information content (AvgIpc) is 2.40. The standard InChI is InChI=1S/C15H26ClN3O/c1-11(2)8-17-9-14-13(16)6-7-15(18-14)19(4)12(3)10-20-5/h6-7,11-12,17H,8-10H2,1-5H3. The lowest BCUT2D eigenvalue weighted by molar-refractivity contribution is 0.183. The Labute approximate surface area is 127 Å². The zero-order chi connectivity index (χ0) is 15.1. The van der Waals surface area contributed by atoms with E-state index in [0.29, 0.717) is 24.1 Å². The van der Waals surface area contributed by atoms with Crippen LogP contribution in [-0.2, 0) is 11.3 Å². The van der Waals surface area contributed by atoms with E-state index in [4.69, 9.17) is 16.3 Å². The van der Waals surface area contributed by atoms with Crippen LogP contribution in [0.15, 0.2) is 12.1 Å². The SMILES string of the molecule is COCC(C)N(C)c1ccc(Cl)c(CNCC(C)C)n1. The summed E-state index contributed by atoms with van der Waals surface area (Å²) in [5.41, 5.74) is 0.890. The number of ether oxygens (including phenoxy) is 1. The van der Waals surface area contributed by atoms with E-state index in [9.17, 15) is 0 Å². The van der Waals surface area contributed by atoms with E-state index in [1.807, 2.05) is 19.2 Å². The average molecular weight is 300 g/mol. The van der Waals surface area contributed by atoms with E-state index in [0.717, 1.165) is 18.1 Å². The molecule has 20 heavy (non-hydrogen) atoms. The molecular weight excluding hydrogens is 274 g/mol. The largest absolute Gasteiger partial charge is 0.383 e. The van der Waals surface area contributed by atoms with Crippen molar-refractivity contribution in [3.05, 3.63) is 22.8 Å². The van der Waals surface area contributed by atoms with E-state index in [1.165, 1.54) is 0 Å². The molecule has 0 fully saturated rings. The van der Waals surface area contributed by atoms with Gasteiger partial charge in [-0.05, 0) is 31.5 Å². The number of nitrogens with zero attached hydrogens (tertiary/aromatic N) is 2. The molecule has 1 unspecified atom stereocenters. The van der Waals surface area contributed by atoms with Gasteiger partial charge in [0.05, 0.1) is 23.4 Å². The number of hydrogen-bond acceptors (Lipinski definition) is 4. The van der Waals surface area contributed by atoms with Gasteiger partial charge in [0.2, 0.25) is 0 Å². The molecular formula is C15H26ClN3O. The molecule has 5 heteroatoms. The molecule has 1 aromatic heterocycles. The minimum absolute atomic E-state index is 0.269. The summed E-state index contributed by atoms with van der Waals surface area (Å²) < 4.78 is 5.18. The van der Waals surface area contributed by atoms with Gasteiger partial charge in [-0.3, -0.25) is 0 Å². The quantitative estimate of drug-likeness (QED) is 0.801. The first-order valence-corrected chi connectivity index (χ1v) is 7.41. The molecule has 0 aliphatic carbocycles. The fraction of sp³-hybridized carbons (Fsp3) is 0.667. The molecule has 1 atom stereocenters. The van der Waals surface area contributed by atoms with Crippen molar-refractivity contribution < 1.29 is 4.74 Å². The highest BCUT2D eigenvalue weighted by atomic mass is 35.5. The van der Waals surface area contributed by atoms with Crippen LogP contribution in [0.3, 0.4) is 0 Å². The first-order chi connectivity index (χ1) is 9.45. The van der Waals surface area contributed by atoms with Gasteiger partial charge < -0.3 is 15.0 Å². The summed E-state index contributed by atoms with van der Waals surface area (Å²) in [6, 6.07) is 4.12. The molecule has 0 bridgehead atoms. The summed E-state index contributed by atoms with van der Waals surface area (Å²) in [4.78, 5) is 6.75. The smallest absolute Gasteiger partial charge is 0.129 e.